The molecule has 0 spiro atoms. The van der Waals surface area contributed by atoms with Gasteiger partial charge in [0.25, 0.3) is 0 Å². The second-order valence-electron chi connectivity index (χ2n) is 6.49. The highest BCUT2D eigenvalue weighted by Gasteiger charge is 2.24. The minimum Gasteiger partial charge on any atom is -0.367 e. The highest BCUT2D eigenvalue weighted by Crippen LogP contribution is 2.25. The number of ketones is 1. The van der Waals surface area contributed by atoms with E-state index in [1.165, 1.54) is 13.0 Å². The molecule has 0 saturated carbocycles. The zero-order valence-electron chi connectivity index (χ0n) is 14.1. The fourth-order valence-electron chi connectivity index (χ4n) is 2.89. The van der Waals surface area contributed by atoms with E-state index in [9.17, 15) is 14.0 Å². The van der Waals surface area contributed by atoms with Gasteiger partial charge in [-0.05, 0) is 31.4 Å². The summed E-state index contributed by atoms with van der Waals surface area (Å²) in [6, 6.07) is 4.71. The molecule has 2 rings (SSSR count). The molecule has 1 aromatic rings. The maximum absolute atomic E-state index is 13.9. The maximum atomic E-state index is 13.9. The number of carbonyl (C=O) groups excluding carboxylic acids is 2. The molecular weight excluding hydrogens is 295 g/mol. The summed E-state index contributed by atoms with van der Waals surface area (Å²) < 4.78 is 13.9. The van der Waals surface area contributed by atoms with Gasteiger partial charge >= 0.3 is 0 Å². The van der Waals surface area contributed by atoms with Gasteiger partial charge in [0.1, 0.15) is 5.82 Å². The number of Topliss-reactive ketones (excluding diaryl/α,β-unsaturated/α-hetero) is 1. The van der Waals surface area contributed by atoms with Gasteiger partial charge in [0.2, 0.25) is 5.91 Å². The summed E-state index contributed by atoms with van der Waals surface area (Å²) in [5.41, 5.74) is 0.777. The molecule has 0 aromatic heterocycles. The van der Waals surface area contributed by atoms with Gasteiger partial charge in [0.15, 0.2) is 5.78 Å². The molecule has 1 amide bonds. The van der Waals surface area contributed by atoms with Gasteiger partial charge in [-0.15, -0.1) is 0 Å². The Morgan fingerprint density at radius 3 is 2.39 bits per heavy atom. The van der Waals surface area contributed by atoms with Crippen LogP contribution in [0.2, 0.25) is 0 Å². The van der Waals surface area contributed by atoms with Gasteiger partial charge in [0, 0.05) is 32.6 Å². The molecule has 1 fully saturated rings. The minimum atomic E-state index is -0.481. The number of nitrogens with zero attached hydrogens (tertiary/aromatic N) is 2. The van der Waals surface area contributed by atoms with Crippen molar-refractivity contribution in [1.29, 1.82) is 0 Å². The standard InChI is InChI=1S/C18H25FN2O2/c1-13(2)7-8-17(23)21-11-9-20(10-12-21)16-6-4-5-15(19)18(16)14(3)22/h4-6,13H,7-12H2,1-3H3. The normalized spacial score (nSPS) is 15.2. The number of rotatable bonds is 5. The number of hydrogen-bond acceptors (Lipinski definition) is 3. The van der Waals surface area contributed by atoms with E-state index < -0.39 is 5.82 Å². The van der Waals surface area contributed by atoms with Crippen LogP contribution in [0.15, 0.2) is 18.2 Å². The van der Waals surface area contributed by atoms with Crippen LogP contribution in [-0.4, -0.2) is 42.8 Å². The van der Waals surface area contributed by atoms with E-state index in [2.05, 4.69) is 13.8 Å². The SMILES string of the molecule is CC(=O)c1c(F)cccc1N1CCN(C(=O)CCC(C)C)CC1. The molecule has 0 atom stereocenters. The van der Waals surface area contributed by atoms with Crippen LogP contribution in [0.25, 0.3) is 0 Å². The van der Waals surface area contributed by atoms with Crippen molar-refractivity contribution in [2.75, 3.05) is 31.1 Å². The van der Waals surface area contributed by atoms with E-state index in [1.54, 1.807) is 12.1 Å². The average Bonchev–Trinajstić information content (AvgIpc) is 2.52. The number of amides is 1. The Morgan fingerprint density at radius 2 is 1.83 bits per heavy atom. The molecule has 1 aliphatic rings. The summed E-state index contributed by atoms with van der Waals surface area (Å²) in [7, 11) is 0. The third-order valence-electron chi connectivity index (χ3n) is 4.25. The van der Waals surface area contributed by atoms with Crippen LogP contribution < -0.4 is 4.90 Å². The lowest BCUT2D eigenvalue weighted by molar-refractivity contribution is -0.131. The van der Waals surface area contributed by atoms with Gasteiger partial charge in [-0.1, -0.05) is 19.9 Å². The molecule has 4 nitrogen and oxygen atoms in total. The largest absolute Gasteiger partial charge is 0.367 e. The Hall–Kier alpha value is -1.91. The molecule has 1 heterocycles. The first-order valence-electron chi connectivity index (χ1n) is 8.22. The second-order valence-corrected chi connectivity index (χ2v) is 6.49. The van der Waals surface area contributed by atoms with E-state index in [4.69, 9.17) is 0 Å². The molecule has 0 N–H and O–H groups in total. The van der Waals surface area contributed by atoms with Crippen molar-refractivity contribution in [1.82, 2.24) is 4.90 Å². The molecule has 1 aromatic carbocycles. The first-order valence-corrected chi connectivity index (χ1v) is 8.22. The highest BCUT2D eigenvalue weighted by molar-refractivity contribution is 6.00. The quantitative estimate of drug-likeness (QED) is 0.783. The molecule has 0 aliphatic carbocycles. The summed E-state index contributed by atoms with van der Waals surface area (Å²) in [6.45, 7) is 8.08. The Morgan fingerprint density at radius 1 is 1.17 bits per heavy atom. The van der Waals surface area contributed by atoms with Gasteiger partial charge in [-0.2, -0.15) is 0 Å². The topological polar surface area (TPSA) is 40.6 Å². The summed E-state index contributed by atoms with van der Waals surface area (Å²) >= 11 is 0. The van der Waals surface area contributed by atoms with Crippen molar-refractivity contribution in [3.63, 3.8) is 0 Å². The number of hydrogen-bond donors (Lipinski definition) is 0. The number of benzene rings is 1. The predicted octanol–water partition coefficient (Wildman–Crippen LogP) is 3.11. The Bertz CT molecular complexity index is 578. The Balaban J connectivity index is 2.01. The maximum Gasteiger partial charge on any atom is 0.222 e. The Kier molecular flexibility index (Phi) is 5.74. The van der Waals surface area contributed by atoms with E-state index in [0.717, 1.165) is 6.42 Å². The van der Waals surface area contributed by atoms with Crippen molar-refractivity contribution in [2.24, 2.45) is 5.92 Å². The van der Waals surface area contributed by atoms with Crippen molar-refractivity contribution >= 4 is 17.4 Å². The van der Waals surface area contributed by atoms with Crippen molar-refractivity contribution in [3.05, 3.63) is 29.6 Å². The fourth-order valence-corrected chi connectivity index (χ4v) is 2.89. The molecule has 0 unspecified atom stereocenters. The predicted molar refractivity (Wildman–Crippen MR) is 89.3 cm³/mol. The van der Waals surface area contributed by atoms with Gasteiger partial charge < -0.3 is 9.80 Å². The third kappa shape index (κ3) is 4.30. The van der Waals surface area contributed by atoms with Gasteiger partial charge in [0.05, 0.1) is 11.3 Å². The number of piperazine rings is 1. The van der Waals surface area contributed by atoms with Crippen LogP contribution in [-0.2, 0) is 4.79 Å². The van der Waals surface area contributed by atoms with Crippen LogP contribution >= 0.6 is 0 Å². The van der Waals surface area contributed by atoms with Crippen LogP contribution in [0.3, 0.4) is 0 Å². The van der Waals surface area contributed by atoms with Crippen LogP contribution in [0, 0.1) is 11.7 Å². The van der Waals surface area contributed by atoms with E-state index in [1.807, 2.05) is 9.80 Å². The molecule has 5 heteroatoms. The van der Waals surface area contributed by atoms with Crippen molar-refractivity contribution in [2.45, 2.75) is 33.6 Å². The first kappa shape index (κ1) is 17.4. The molecule has 1 aliphatic heterocycles. The second kappa shape index (κ2) is 7.57. The number of halogens is 1. The monoisotopic (exact) mass is 320 g/mol. The molecule has 1 saturated heterocycles. The summed E-state index contributed by atoms with van der Waals surface area (Å²) in [4.78, 5) is 27.7. The zero-order chi connectivity index (χ0) is 17.0. The fraction of sp³-hybridized carbons (Fsp3) is 0.556. The Labute approximate surface area is 137 Å². The van der Waals surface area contributed by atoms with Gasteiger partial charge in [-0.3, -0.25) is 9.59 Å². The highest BCUT2D eigenvalue weighted by atomic mass is 19.1. The zero-order valence-corrected chi connectivity index (χ0v) is 14.1. The van der Waals surface area contributed by atoms with Crippen molar-refractivity contribution < 1.29 is 14.0 Å². The lowest BCUT2D eigenvalue weighted by Crippen LogP contribution is -2.49. The number of anilines is 1. The average molecular weight is 320 g/mol. The lowest BCUT2D eigenvalue weighted by Gasteiger charge is -2.37. The third-order valence-corrected chi connectivity index (χ3v) is 4.25. The smallest absolute Gasteiger partial charge is 0.222 e. The van der Waals surface area contributed by atoms with Gasteiger partial charge in [-0.25, -0.2) is 4.39 Å². The van der Waals surface area contributed by atoms with E-state index in [0.29, 0.717) is 44.2 Å². The van der Waals surface area contributed by atoms with Crippen LogP contribution in [0.5, 0.6) is 0 Å². The summed E-state index contributed by atoms with van der Waals surface area (Å²) in [5, 5.41) is 0. The minimum absolute atomic E-state index is 0.145. The summed E-state index contributed by atoms with van der Waals surface area (Å²) in [5.74, 6) is -0.0472. The molecular formula is C18H25FN2O2. The summed E-state index contributed by atoms with van der Waals surface area (Å²) in [6.07, 6.45) is 1.48. The van der Waals surface area contributed by atoms with Crippen LogP contribution in [0.4, 0.5) is 10.1 Å². The van der Waals surface area contributed by atoms with Crippen LogP contribution in [0.1, 0.15) is 44.0 Å². The van der Waals surface area contributed by atoms with E-state index in [-0.39, 0.29) is 17.3 Å². The van der Waals surface area contributed by atoms with Crippen molar-refractivity contribution in [3.8, 4) is 0 Å². The molecule has 0 radical (unpaired) electrons. The number of carbonyl (C=O) groups is 2. The molecule has 23 heavy (non-hydrogen) atoms. The lowest BCUT2D eigenvalue weighted by atomic mass is 10.1. The molecule has 126 valence electrons. The molecule has 0 bridgehead atoms. The first-order chi connectivity index (χ1) is 10.9. The van der Waals surface area contributed by atoms with E-state index >= 15 is 0 Å².